The first-order valence-corrected chi connectivity index (χ1v) is 12.0. The molecule has 0 radical (unpaired) electrons. The van der Waals surface area contributed by atoms with Gasteiger partial charge in [-0.1, -0.05) is 70.5 Å². The summed E-state index contributed by atoms with van der Waals surface area (Å²) in [5.41, 5.74) is 2.79. The lowest BCUT2D eigenvalue weighted by atomic mass is 10.0. The van der Waals surface area contributed by atoms with Crippen LogP contribution in [0.5, 0.6) is 5.75 Å². The summed E-state index contributed by atoms with van der Waals surface area (Å²) < 4.78 is 0.923. The molecule has 0 spiro atoms. The minimum atomic E-state index is -0.679. The van der Waals surface area contributed by atoms with Gasteiger partial charge in [0.2, 0.25) is 11.8 Å². The van der Waals surface area contributed by atoms with Crippen LogP contribution in [0.1, 0.15) is 42.0 Å². The van der Waals surface area contributed by atoms with Crippen LogP contribution >= 0.6 is 15.9 Å². The van der Waals surface area contributed by atoms with E-state index in [1.54, 1.807) is 17.0 Å². The minimum absolute atomic E-state index is 0.0339. The largest absolute Gasteiger partial charge is 0.508 e. The SMILES string of the molecule is O=C(NCc1ccccc1)[C@H](c1ccc(Br)cc1)N(C(=O)CCc1ccc(O)cc1)C1CC1. The Kier molecular flexibility index (Phi) is 7.45. The lowest BCUT2D eigenvalue weighted by Gasteiger charge is -2.32. The first-order valence-electron chi connectivity index (χ1n) is 11.2. The van der Waals surface area contributed by atoms with Crippen LogP contribution in [0, 0.1) is 0 Å². The van der Waals surface area contributed by atoms with Crippen LogP contribution in [0.2, 0.25) is 0 Å². The molecule has 1 fully saturated rings. The van der Waals surface area contributed by atoms with Gasteiger partial charge in [-0.15, -0.1) is 0 Å². The number of aromatic hydroxyl groups is 1. The number of halogens is 1. The fraction of sp³-hybridized carbons (Fsp3) is 0.259. The molecule has 5 nitrogen and oxygen atoms in total. The molecule has 33 heavy (non-hydrogen) atoms. The van der Waals surface area contributed by atoms with Crippen LogP contribution in [0.4, 0.5) is 0 Å². The zero-order valence-corrected chi connectivity index (χ0v) is 19.9. The standard InChI is InChI=1S/C27H27BrN2O3/c28-22-11-9-21(10-12-22)26(27(33)29-18-20-4-2-1-3-5-20)30(23-13-14-23)25(32)17-8-19-6-15-24(31)16-7-19/h1-7,9-12,15-16,23,26,31H,8,13-14,17-18H2,(H,29,33)/t26-/m0/s1. The molecule has 0 unspecified atom stereocenters. The number of nitrogens with zero attached hydrogens (tertiary/aromatic N) is 1. The van der Waals surface area contributed by atoms with Gasteiger partial charge in [-0.3, -0.25) is 9.59 Å². The maximum atomic E-state index is 13.4. The Balaban J connectivity index is 1.54. The number of carbonyl (C=O) groups is 2. The summed E-state index contributed by atoms with van der Waals surface area (Å²) in [5, 5.41) is 12.5. The number of amides is 2. The molecule has 3 aromatic carbocycles. The molecule has 2 amide bonds. The second kappa shape index (κ2) is 10.7. The fourth-order valence-electron chi connectivity index (χ4n) is 3.92. The number of benzene rings is 3. The van der Waals surface area contributed by atoms with Crippen molar-refractivity contribution in [1.82, 2.24) is 10.2 Å². The van der Waals surface area contributed by atoms with Gasteiger partial charge >= 0.3 is 0 Å². The van der Waals surface area contributed by atoms with Gasteiger partial charge in [0.05, 0.1) is 0 Å². The summed E-state index contributed by atoms with van der Waals surface area (Å²) in [6, 6.07) is 23.7. The molecule has 0 saturated heterocycles. The molecule has 6 heteroatoms. The molecule has 4 rings (SSSR count). The summed E-state index contributed by atoms with van der Waals surface area (Å²) in [4.78, 5) is 28.6. The van der Waals surface area contributed by atoms with Crippen LogP contribution in [-0.4, -0.2) is 27.9 Å². The molecule has 1 atom stereocenters. The van der Waals surface area contributed by atoms with Crippen molar-refractivity contribution in [2.75, 3.05) is 0 Å². The van der Waals surface area contributed by atoms with Crippen LogP contribution < -0.4 is 5.32 Å². The molecule has 0 bridgehead atoms. The van der Waals surface area contributed by atoms with Crippen LogP contribution in [0.15, 0.2) is 83.3 Å². The van der Waals surface area contributed by atoms with Gasteiger partial charge in [0, 0.05) is 23.5 Å². The highest BCUT2D eigenvalue weighted by atomic mass is 79.9. The van der Waals surface area contributed by atoms with Crippen molar-refractivity contribution in [2.24, 2.45) is 0 Å². The number of aryl methyl sites for hydroxylation is 1. The highest BCUT2D eigenvalue weighted by molar-refractivity contribution is 9.10. The number of carbonyl (C=O) groups excluding carboxylic acids is 2. The third-order valence-electron chi connectivity index (χ3n) is 5.81. The summed E-state index contributed by atoms with van der Waals surface area (Å²) in [6.07, 6.45) is 2.68. The van der Waals surface area contributed by atoms with E-state index in [2.05, 4.69) is 21.2 Å². The summed E-state index contributed by atoms with van der Waals surface area (Å²) >= 11 is 3.46. The van der Waals surface area contributed by atoms with Crippen molar-refractivity contribution in [3.63, 3.8) is 0 Å². The first kappa shape index (κ1) is 23.1. The normalized spacial score (nSPS) is 13.8. The Morgan fingerprint density at radius 1 is 0.939 bits per heavy atom. The highest BCUT2D eigenvalue weighted by Crippen LogP contribution is 2.36. The molecule has 0 aliphatic heterocycles. The lowest BCUT2D eigenvalue weighted by Crippen LogP contribution is -2.45. The van der Waals surface area contributed by atoms with Crippen molar-refractivity contribution in [3.8, 4) is 5.75 Å². The van der Waals surface area contributed by atoms with E-state index in [0.29, 0.717) is 19.4 Å². The van der Waals surface area contributed by atoms with E-state index in [1.807, 2.05) is 66.7 Å². The Hall–Kier alpha value is -3.12. The predicted octanol–water partition coefficient (Wildman–Crippen LogP) is 5.14. The number of hydrogen-bond donors (Lipinski definition) is 2. The summed E-state index contributed by atoms with van der Waals surface area (Å²) in [5.74, 6) is -0.00510. The van der Waals surface area contributed by atoms with E-state index in [1.165, 1.54) is 0 Å². The second-order valence-electron chi connectivity index (χ2n) is 8.36. The van der Waals surface area contributed by atoms with Gasteiger partial charge in [0.15, 0.2) is 0 Å². The average Bonchev–Trinajstić information content (AvgIpc) is 3.67. The van der Waals surface area contributed by atoms with Gasteiger partial charge in [0.1, 0.15) is 11.8 Å². The van der Waals surface area contributed by atoms with Gasteiger partial charge in [0.25, 0.3) is 0 Å². The highest BCUT2D eigenvalue weighted by Gasteiger charge is 2.40. The summed E-state index contributed by atoms with van der Waals surface area (Å²) in [7, 11) is 0. The molecule has 1 saturated carbocycles. The molecule has 0 heterocycles. The van der Waals surface area contributed by atoms with Gasteiger partial charge in [-0.2, -0.15) is 0 Å². The number of rotatable bonds is 9. The van der Waals surface area contributed by atoms with E-state index in [-0.39, 0.29) is 23.6 Å². The van der Waals surface area contributed by atoms with E-state index in [9.17, 15) is 14.7 Å². The van der Waals surface area contributed by atoms with Crippen LogP contribution in [0.25, 0.3) is 0 Å². The zero-order chi connectivity index (χ0) is 23.2. The van der Waals surface area contributed by atoms with Gasteiger partial charge in [-0.25, -0.2) is 0 Å². The molecular formula is C27H27BrN2O3. The van der Waals surface area contributed by atoms with Crippen LogP contribution in [0.3, 0.4) is 0 Å². The minimum Gasteiger partial charge on any atom is -0.508 e. The molecule has 3 aromatic rings. The fourth-order valence-corrected chi connectivity index (χ4v) is 4.18. The maximum absolute atomic E-state index is 13.4. The quantitative estimate of drug-likeness (QED) is 0.422. The predicted molar refractivity (Wildman–Crippen MR) is 131 cm³/mol. The topological polar surface area (TPSA) is 69.6 Å². The van der Waals surface area contributed by atoms with Crippen molar-refractivity contribution in [2.45, 2.75) is 44.3 Å². The molecular weight excluding hydrogens is 480 g/mol. The Morgan fingerprint density at radius 3 is 2.24 bits per heavy atom. The Bertz CT molecular complexity index is 1080. The second-order valence-corrected chi connectivity index (χ2v) is 9.27. The summed E-state index contributed by atoms with van der Waals surface area (Å²) in [6.45, 7) is 0.410. The average molecular weight is 507 g/mol. The number of phenols is 1. The lowest BCUT2D eigenvalue weighted by molar-refractivity contribution is -0.141. The number of hydrogen-bond acceptors (Lipinski definition) is 3. The molecule has 2 N–H and O–H groups in total. The molecule has 170 valence electrons. The van der Waals surface area contributed by atoms with Gasteiger partial charge < -0.3 is 15.3 Å². The van der Waals surface area contributed by atoms with Crippen molar-refractivity contribution in [3.05, 3.63) is 100 Å². The monoisotopic (exact) mass is 506 g/mol. The van der Waals surface area contributed by atoms with Crippen molar-refractivity contribution < 1.29 is 14.7 Å². The Labute approximate surface area is 202 Å². The number of phenolic OH excluding ortho intramolecular Hbond substituents is 1. The molecule has 0 aromatic heterocycles. The maximum Gasteiger partial charge on any atom is 0.247 e. The zero-order valence-electron chi connectivity index (χ0n) is 18.3. The Morgan fingerprint density at radius 2 is 1.61 bits per heavy atom. The smallest absolute Gasteiger partial charge is 0.247 e. The van der Waals surface area contributed by atoms with E-state index < -0.39 is 6.04 Å². The van der Waals surface area contributed by atoms with Gasteiger partial charge in [-0.05, 0) is 60.2 Å². The third-order valence-corrected chi connectivity index (χ3v) is 6.34. The third kappa shape index (κ3) is 6.23. The van der Waals surface area contributed by atoms with E-state index in [0.717, 1.165) is 34.0 Å². The van der Waals surface area contributed by atoms with E-state index in [4.69, 9.17) is 0 Å². The van der Waals surface area contributed by atoms with Crippen molar-refractivity contribution >= 4 is 27.7 Å². The molecule has 1 aliphatic rings. The van der Waals surface area contributed by atoms with E-state index >= 15 is 0 Å². The first-order chi connectivity index (χ1) is 16.0. The van der Waals surface area contributed by atoms with Crippen LogP contribution in [-0.2, 0) is 22.6 Å². The molecule has 1 aliphatic carbocycles. The number of nitrogens with one attached hydrogen (secondary N) is 1. The van der Waals surface area contributed by atoms with Crippen molar-refractivity contribution in [1.29, 1.82) is 0 Å².